The van der Waals surface area contributed by atoms with Crippen LogP contribution in [-0.4, -0.2) is 37.0 Å². The Morgan fingerprint density at radius 1 is 1.57 bits per heavy atom. The number of carboxylic acids is 1. The lowest BCUT2D eigenvalue weighted by atomic mass is 10.1. The SMILES string of the molecule is CC(CC(=O)O)Cn1nnnc1-c1cc2c(s1)CCSC2. The summed E-state index contributed by atoms with van der Waals surface area (Å²) in [5.41, 5.74) is 1.39. The van der Waals surface area contributed by atoms with Gasteiger partial charge in [-0.3, -0.25) is 4.79 Å². The summed E-state index contributed by atoms with van der Waals surface area (Å²) < 4.78 is 1.72. The van der Waals surface area contributed by atoms with Crippen LogP contribution in [0.15, 0.2) is 6.07 Å². The molecule has 1 atom stereocenters. The zero-order valence-corrected chi connectivity index (χ0v) is 13.3. The highest BCUT2D eigenvalue weighted by Crippen LogP contribution is 2.36. The van der Waals surface area contributed by atoms with Crippen LogP contribution in [0.2, 0.25) is 0 Å². The third kappa shape index (κ3) is 3.26. The molecule has 21 heavy (non-hydrogen) atoms. The van der Waals surface area contributed by atoms with Crippen molar-refractivity contribution < 1.29 is 9.90 Å². The number of carboxylic acid groups (broad SMARTS) is 1. The molecule has 1 aliphatic rings. The quantitative estimate of drug-likeness (QED) is 0.909. The van der Waals surface area contributed by atoms with Crippen molar-refractivity contribution >= 4 is 29.1 Å². The topological polar surface area (TPSA) is 80.9 Å². The van der Waals surface area contributed by atoms with Gasteiger partial charge in [0.15, 0.2) is 5.82 Å². The van der Waals surface area contributed by atoms with E-state index < -0.39 is 5.97 Å². The third-order valence-corrected chi connectivity index (χ3v) is 5.63. The fourth-order valence-electron chi connectivity index (χ4n) is 2.42. The molecule has 2 aromatic rings. The molecule has 0 amide bonds. The maximum atomic E-state index is 10.8. The van der Waals surface area contributed by atoms with E-state index in [1.165, 1.54) is 16.2 Å². The van der Waals surface area contributed by atoms with Crippen molar-refractivity contribution in [2.45, 2.75) is 32.1 Å². The number of thiophene rings is 1. The Morgan fingerprint density at radius 2 is 2.43 bits per heavy atom. The number of thioether (sulfide) groups is 1. The Morgan fingerprint density at radius 3 is 3.19 bits per heavy atom. The number of fused-ring (bicyclic) bond motifs is 1. The first-order chi connectivity index (χ1) is 10.1. The van der Waals surface area contributed by atoms with E-state index in [4.69, 9.17) is 5.11 Å². The van der Waals surface area contributed by atoms with Gasteiger partial charge in [-0.05, 0) is 40.1 Å². The second kappa shape index (κ2) is 6.15. The molecule has 0 aromatic carbocycles. The van der Waals surface area contributed by atoms with Gasteiger partial charge in [0.05, 0.1) is 4.88 Å². The van der Waals surface area contributed by atoms with Crippen molar-refractivity contribution in [2.75, 3.05) is 5.75 Å². The molecule has 0 spiro atoms. The monoisotopic (exact) mass is 324 g/mol. The van der Waals surface area contributed by atoms with Crippen molar-refractivity contribution in [3.63, 3.8) is 0 Å². The van der Waals surface area contributed by atoms with Crippen molar-refractivity contribution in [3.8, 4) is 10.7 Å². The van der Waals surface area contributed by atoms with Gasteiger partial charge in [-0.15, -0.1) is 16.4 Å². The minimum Gasteiger partial charge on any atom is -0.481 e. The second-order valence-corrected chi connectivity index (χ2v) is 7.49. The van der Waals surface area contributed by atoms with E-state index in [9.17, 15) is 4.79 Å². The van der Waals surface area contributed by atoms with Crippen molar-refractivity contribution in [3.05, 3.63) is 16.5 Å². The molecule has 1 unspecified atom stereocenters. The highest BCUT2D eigenvalue weighted by molar-refractivity contribution is 7.98. The minimum atomic E-state index is -0.791. The molecule has 3 heterocycles. The normalized spacial score (nSPS) is 15.7. The Balaban J connectivity index is 1.81. The first-order valence-corrected chi connectivity index (χ1v) is 8.78. The maximum Gasteiger partial charge on any atom is 0.303 e. The van der Waals surface area contributed by atoms with Crippen LogP contribution in [0.4, 0.5) is 0 Å². The average molecular weight is 324 g/mol. The zero-order valence-electron chi connectivity index (χ0n) is 11.7. The molecule has 0 aliphatic carbocycles. The summed E-state index contributed by atoms with van der Waals surface area (Å²) in [6.07, 6.45) is 1.23. The van der Waals surface area contributed by atoms with Gasteiger partial charge >= 0.3 is 5.97 Å². The Kier molecular flexibility index (Phi) is 4.25. The fraction of sp³-hybridized carbons (Fsp3) is 0.538. The number of aliphatic carboxylic acids is 1. The van der Waals surface area contributed by atoms with Crippen LogP contribution in [-0.2, 0) is 23.5 Å². The second-order valence-electron chi connectivity index (χ2n) is 5.25. The minimum absolute atomic E-state index is 0.00473. The van der Waals surface area contributed by atoms with Gasteiger partial charge in [0, 0.05) is 23.6 Å². The molecule has 6 nitrogen and oxygen atoms in total. The highest BCUT2D eigenvalue weighted by atomic mass is 32.2. The number of aryl methyl sites for hydroxylation is 1. The van der Waals surface area contributed by atoms with Crippen LogP contribution in [0, 0.1) is 5.92 Å². The summed E-state index contributed by atoms with van der Waals surface area (Å²) in [7, 11) is 0. The van der Waals surface area contributed by atoms with E-state index >= 15 is 0 Å². The molecule has 0 bridgehead atoms. The lowest BCUT2D eigenvalue weighted by molar-refractivity contribution is -0.138. The van der Waals surface area contributed by atoms with E-state index in [-0.39, 0.29) is 12.3 Å². The van der Waals surface area contributed by atoms with E-state index in [2.05, 4.69) is 21.6 Å². The van der Waals surface area contributed by atoms with Gasteiger partial charge in [0.25, 0.3) is 0 Å². The number of rotatable bonds is 5. The molecule has 0 fully saturated rings. The molecule has 112 valence electrons. The van der Waals surface area contributed by atoms with Crippen LogP contribution >= 0.6 is 23.1 Å². The number of aromatic nitrogens is 4. The van der Waals surface area contributed by atoms with Crippen LogP contribution in [0.1, 0.15) is 23.8 Å². The van der Waals surface area contributed by atoms with E-state index in [0.717, 1.165) is 22.9 Å². The van der Waals surface area contributed by atoms with Crippen molar-refractivity contribution in [1.29, 1.82) is 0 Å². The Hall–Kier alpha value is -1.41. The van der Waals surface area contributed by atoms with Gasteiger partial charge < -0.3 is 5.11 Å². The Labute approximate surface area is 130 Å². The summed E-state index contributed by atoms with van der Waals surface area (Å²) in [5, 5.41) is 20.7. The number of hydrogen-bond acceptors (Lipinski definition) is 6. The summed E-state index contributed by atoms with van der Waals surface area (Å²) in [6.45, 7) is 2.42. The standard InChI is InChI=1S/C13H16N4O2S2/c1-8(4-12(18)19)6-17-13(14-15-16-17)11-5-9-7-20-3-2-10(9)21-11/h5,8H,2-4,6-7H2,1H3,(H,18,19). The summed E-state index contributed by atoms with van der Waals surface area (Å²) in [5.74, 6) is 2.18. The molecule has 3 rings (SSSR count). The van der Waals surface area contributed by atoms with Gasteiger partial charge in [0.2, 0.25) is 0 Å². The lowest BCUT2D eigenvalue weighted by Gasteiger charge is -2.09. The van der Waals surface area contributed by atoms with Crippen molar-refractivity contribution in [1.82, 2.24) is 20.2 Å². The van der Waals surface area contributed by atoms with Crippen LogP contribution in [0.5, 0.6) is 0 Å². The summed E-state index contributed by atoms with van der Waals surface area (Å²) in [4.78, 5) is 13.3. The van der Waals surface area contributed by atoms with E-state index in [1.54, 1.807) is 16.0 Å². The van der Waals surface area contributed by atoms with Crippen LogP contribution < -0.4 is 0 Å². The Bertz CT molecular complexity index is 629. The maximum absolute atomic E-state index is 10.8. The molecule has 0 saturated heterocycles. The smallest absolute Gasteiger partial charge is 0.303 e. The first-order valence-electron chi connectivity index (χ1n) is 6.81. The third-order valence-electron chi connectivity index (χ3n) is 3.39. The molecule has 0 saturated carbocycles. The lowest BCUT2D eigenvalue weighted by Crippen LogP contribution is -2.13. The molecular formula is C13H16N4O2S2. The number of tetrazole rings is 1. The van der Waals surface area contributed by atoms with E-state index in [0.29, 0.717) is 6.54 Å². The molecule has 1 aliphatic heterocycles. The molecular weight excluding hydrogens is 308 g/mol. The number of carbonyl (C=O) groups is 1. The number of nitrogens with zero attached hydrogens (tertiary/aromatic N) is 4. The largest absolute Gasteiger partial charge is 0.481 e. The summed E-state index contributed by atoms with van der Waals surface area (Å²) in [6, 6.07) is 2.18. The van der Waals surface area contributed by atoms with Gasteiger partial charge in [-0.25, -0.2) is 4.68 Å². The highest BCUT2D eigenvalue weighted by Gasteiger charge is 2.19. The van der Waals surface area contributed by atoms with Gasteiger partial charge in [-0.1, -0.05) is 6.92 Å². The summed E-state index contributed by atoms with van der Waals surface area (Å²) >= 11 is 3.71. The first kappa shape index (κ1) is 14.5. The van der Waals surface area contributed by atoms with Crippen LogP contribution in [0.25, 0.3) is 10.7 Å². The molecule has 1 N–H and O–H groups in total. The van der Waals surface area contributed by atoms with Gasteiger partial charge in [0.1, 0.15) is 0 Å². The fourth-order valence-corrected chi connectivity index (χ4v) is 4.78. The average Bonchev–Trinajstić information content (AvgIpc) is 3.02. The van der Waals surface area contributed by atoms with Gasteiger partial charge in [-0.2, -0.15) is 11.8 Å². The van der Waals surface area contributed by atoms with E-state index in [1.807, 2.05) is 18.7 Å². The van der Waals surface area contributed by atoms with Crippen molar-refractivity contribution in [2.24, 2.45) is 5.92 Å². The zero-order chi connectivity index (χ0) is 14.8. The molecule has 2 aromatic heterocycles. The predicted octanol–water partition coefficient (Wildman–Crippen LogP) is 2.30. The molecule has 0 radical (unpaired) electrons. The predicted molar refractivity (Wildman–Crippen MR) is 82.4 cm³/mol. The number of hydrogen-bond donors (Lipinski definition) is 1. The molecule has 8 heteroatoms. The van der Waals surface area contributed by atoms with Crippen LogP contribution in [0.3, 0.4) is 0 Å².